The molecule has 0 bridgehead atoms. The molecule has 3 rings (SSSR count). The molecule has 0 aliphatic rings. The van der Waals surface area contributed by atoms with Gasteiger partial charge in [-0.2, -0.15) is 0 Å². The van der Waals surface area contributed by atoms with Gasteiger partial charge in [-0.1, -0.05) is 32.0 Å². The van der Waals surface area contributed by atoms with E-state index in [-0.39, 0.29) is 5.82 Å². The molecule has 1 aromatic heterocycles. The van der Waals surface area contributed by atoms with E-state index in [4.69, 9.17) is 14.5 Å². The van der Waals surface area contributed by atoms with E-state index >= 15 is 0 Å². The topological polar surface area (TPSA) is 31.4 Å². The predicted molar refractivity (Wildman–Crippen MR) is 115 cm³/mol. The standard InChI is InChI=1S/C25H28FNO2/c1-6-18-9-8-10-19(7-2)25(18)23-14-24(28-5)21(17(4)27-23)15-29-20-11-12-22(26)16(3)13-20/h8-14H,6-7,15H2,1-5H3. The van der Waals surface area contributed by atoms with Gasteiger partial charge in [0.1, 0.15) is 23.9 Å². The van der Waals surface area contributed by atoms with E-state index in [1.165, 1.54) is 22.8 Å². The third kappa shape index (κ3) is 4.42. The molecule has 3 nitrogen and oxygen atoms in total. The monoisotopic (exact) mass is 393 g/mol. The molecule has 2 aromatic carbocycles. The van der Waals surface area contributed by atoms with Gasteiger partial charge >= 0.3 is 0 Å². The molecule has 152 valence electrons. The zero-order chi connectivity index (χ0) is 21.0. The van der Waals surface area contributed by atoms with Crippen molar-refractivity contribution in [2.45, 2.75) is 47.1 Å². The minimum atomic E-state index is -0.238. The Morgan fingerprint density at radius 1 is 0.966 bits per heavy atom. The fourth-order valence-electron chi connectivity index (χ4n) is 3.59. The number of benzene rings is 2. The summed E-state index contributed by atoms with van der Waals surface area (Å²) in [4.78, 5) is 4.89. The van der Waals surface area contributed by atoms with Crippen LogP contribution in [0.25, 0.3) is 11.3 Å². The van der Waals surface area contributed by atoms with Crippen LogP contribution >= 0.6 is 0 Å². The number of aromatic nitrogens is 1. The second-order valence-electron chi connectivity index (χ2n) is 7.13. The Hall–Kier alpha value is -2.88. The van der Waals surface area contributed by atoms with Crippen molar-refractivity contribution in [1.82, 2.24) is 4.98 Å². The maximum absolute atomic E-state index is 13.5. The Balaban J connectivity index is 1.97. The van der Waals surface area contributed by atoms with Crippen LogP contribution in [0.3, 0.4) is 0 Å². The summed E-state index contributed by atoms with van der Waals surface area (Å²) in [5, 5.41) is 0. The van der Waals surface area contributed by atoms with Gasteiger partial charge in [-0.15, -0.1) is 0 Å². The summed E-state index contributed by atoms with van der Waals surface area (Å²) in [6.45, 7) is 8.33. The van der Waals surface area contributed by atoms with Gasteiger partial charge in [0.25, 0.3) is 0 Å². The van der Waals surface area contributed by atoms with Gasteiger partial charge in [-0.3, -0.25) is 4.98 Å². The Kier molecular flexibility index (Phi) is 6.53. The molecule has 0 spiro atoms. The minimum Gasteiger partial charge on any atom is -0.496 e. The molecule has 29 heavy (non-hydrogen) atoms. The second kappa shape index (κ2) is 9.08. The maximum Gasteiger partial charge on any atom is 0.129 e. The Morgan fingerprint density at radius 3 is 2.24 bits per heavy atom. The van der Waals surface area contributed by atoms with Gasteiger partial charge in [0.15, 0.2) is 0 Å². The summed E-state index contributed by atoms with van der Waals surface area (Å²) >= 11 is 0. The molecule has 0 aliphatic heterocycles. The Morgan fingerprint density at radius 2 is 1.66 bits per heavy atom. The number of hydrogen-bond acceptors (Lipinski definition) is 3. The van der Waals surface area contributed by atoms with Gasteiger partial charge in [-0.25, -0.2) is 4.39 Å². The van der Waals surface area contributed by atoms with Crippen LogP contribution in [-0.2, 0) is 19.4 Å². The van der Waals surface area contributed by atoms with Crippen LogP contribution in [0.5, 0.6) is 11.5 Å². The molecule has 1 heterocycles. The van der Waals surface area contributed by atoms with E-state index in [0.717, 1.165) is 35.5 Å². The number of hydrogen-bond donors (Lipinski definition) is 0. The fourth-order valence-corrected chi connectivity index (χ4v) is 3.59. The molecule has 0 aliphatic carbocycles. The highest BCUT2D eigenvalue weighted by Crippen LogP contribution is 2.33. The van der Waals surface area contributed by atoms with Crippen molar-refractivity contribution in [1.29, 1.82) is 0 Å². The molecule has 3 aromatic rings. The van der Waals surface area contributed by atoms with Crippen LogP contribution in [0.4, 0.5) is 4.39 Å². The molecule has 4 heteroatoms. The van der Waals surface area contributed by atoms with Crippen molar-refractivity contribution in [3.05, 3.63) is 76.2 Å². The lowest BCUT2D eigenvalue weighted by atomic mass is 9.94. The quantitative estimate of drug-likeness (QED) is 0.478. The molecule has 0 saturated carbocycles. The van der Waals surface area contributed by atoms with Crippen LogP contribution in [-0.4, -0.2) is 12.1 Å². The molecule has 0 saturated heterocycles. The Bertz CT molecular complexity index is 992. The lowest BCUT2D eigenvalue weighted by Crippen LogP contribution is -2.05. The maximum atomic E-state index is 13.5. The molecule has 0 atom stereocenters. The first kappa shape index (κ1) is 20.8. The first-order chi connectivity index (χ1) is 14.0. The van der Waals surface area contributed by atoms with Crippen molar-refractivity contribution in [3.63, 3.8) is 0 Å². The normalized spacial score (nSPS) is 10.8. The highest BCUT2D eigenvalue weighted by molar-refractivity contribution is 5.70. The van der Waals surface area contributed by atoms with E-state index in [0.29, 0.717) is 17.9 Å². The second-order valence-corrected chi connectivity index (χ2v) is 7.13. The lowest BCUT2D eigenvalue weighted by molar-refractivity contribution is 0.294. The average Bonchev–Trinajstić information content (AvgIpc) is 2.73. The number of pyridine rings is 1. The van der Waals surface area contributed by atoms with E-state index < -0.39 is 0 Å². The Labute approximate surface area is 172 Å². The lowest BCUT2D eigenvalue weighted by Gasteiger charge is -2.17. The summed E-state index contributed by atoms with van der Waals surface area (Å²) in [7, 11) is 1.66. The molecule has 0 unspecified atom stereocenters. The number of aryl methyl sites for hydroxylation is 4. The first-order valence-electron chi connectivity index (χ1n) is 10.0. The van der Waals surface area contributed by atoms with Gasteiger partial charge < -0.3 is 9.47 Å². The largest absolute Gasteiger partial charge is 0.496 e. The predicted octanol–water partition coefficient (Wildman–Crippen LogP) is 6.22. The van der Waals surface area contributed by atoms with E-state index in [2.05, 4.69) is 32.0 Å². The molecule has 0 amide bonds. The van der Waals surface area contributed by atoms with Gasteiger partial charge in [0.2, 0.25) is 0 Å². The summed E-state index contributed by atoms with van der Waals surface area (Å²) in [5.41, 5.74) is 7.00. The smallest absolute Gasteiger partial charge is 0.129 e. The molecule has 0 N–H and O–H groups in total. The minimum absolute atomic E-state index is 0.238. The highest BCUT2D eigenvalue weighted by Gasteiger charge is 2.16. The van der Waals surface area contributed by atoms with Crippen LogP contribution in [0.1, 0.15) is 41.8 Å². The number of ether oxygens (including phenoxy) is 2. The molecular formula is C25H28FNO2. The third-order valence-corrected chi connectivity index (χ3v) is 5.28. The summed E-state index contributed by atoms with van der Waals surface area (Å²) in [6.07, 6.45) is 1.89. The van der Waals surface area contributed by atoms with Gasteiger partial charge in [0.05, 0.1) is 18.4 Å². The van der Waals surface area contributed by atoms with Crippen molar-refractivity contribution in [3.8, 4) is 22.8 Å². The number of halogens is 1. The average molecular weight is 394 g/mol. The van der Waals surface area contributed by atoms with Crippen LogP contribution in [0.15, 0.2) is 42.5 Å². The summed E-state index contributed by atoms with van der Waals surface area (Å²) in [6, 6.07) is 13.2. The van der Waals surface area contributed by atoms with E-state index in [1.54, 1.807) is 26.2 Å². The van der Waals surface area contributed by atoms with Gasteiger partial charge in [-0.05, 0) is 61.6 Å². The van der Waals surface area contributed by atoms with Crippen LogP contribution in [0.2, 0.25) is 0 Å². The zero-order valence-corrected chi connectivity index (χ0v) is 17.8. The number of rotatable bonds is 7. The van der Waals surface area contributed by atoms with Crippen molar-refractivity contribution in [2.24, 2.45) is 0 Å². The highest BCUT2D eigenvalue weighted by atomic mass is 19.1. The van der Waals surface area contributed by atoms with Gasteiger partial charge in [0, 0.05) is 17.3 Å². The van der Waals surface area contributed by atoms with Crippen molar-refractivity contribution < 1.29 is 13.9 Å². The SMILES string of the molecule is CCc1cccc(CC)c1-c1cc(OC)c(COc2ccc(F)c(C)c2)c(C)n1. The van der Waals surface area contributed by atoms with Crippen molar-refractivity contribution in [2.75, 3.05) is 7.11 Å². The summed E-state index contributed by atoms with van der Waals surface area (Å²) < 4.78 is 25.1. The number of nitrogens with zero attached hydrogens (tertiary/aromatic N) is 1. The molecule has 0 fully saturated rings. The van der Waals surface area contributed by atoms with Crippen LogP contribution < -0.4 is 9.47 Å². The van der Waals surface area contributed by atoms with Crippen LogP contribution in [0, 0.1) is 19.7 Å². The van der Waals surface area contributed by atoms with Crippen molar-refractivity contribution >= 4 is 0 Å². The zero-order valence-electron chi connectivity index (χ0n) is 17.8. The van der Waals surface area contributed by atoms with E-state index in [9.17, 15) is 4.39 Å². The summed E-state index contributed by atoms with van der Waals surface area (Å²) in [5.74, 6) is 1.14. The third-order valence-electron chi connectivity index (χ3n) is 5.28. The molecular weight excluding hydrogens is 365 g/mol. The molecule has 0 radical (unpaired) electrons. The van der Waals surface area contributed by atoms with E-state index in [1.807, 2.05) is 13.0 Å². The fraction of sp³-hybridized carbons (Fsp3) is 0.320. The first-order valence-corrected chi connectivity index (χ1v) is 10.0. The number of methoxy groups -OCH3 is 1.